The van der Waals surface area contributed by atoms with Crippen molar-refractivity contribution in [3.05, 3.63) is 23.7 Å². The van der Waals surface area contributed by atoms with Gasteiger partial charge in [0.25, 0.3) is 0 Å². The molecule has 1 unspecified atom stereocenters. The van der Waals surface area contributed by atoms with Gasteiger partial charge in [-0.3, -0.25) is 0 Å². The van der Waals surface area contributed by atoms with Gasteiger partial charge in [-0.2, -0.15) is 0 Å². The standard InChI is InChI=1S/C11H17NO3/c1-3-4-8(2)12-6-10-5-9(7-15-10)11(13)14/h5,7-8,12H,3-4,6H2,1-2H3,(H,13,14). The van der Waals surface area contributed by atoms with Gasteiger partial charge in [-0.1, -0.05) is 13.3 Å². The molecule has 4 heteroatoms. The third kappa shape index (κ3) is 3.75. The highest BCUT2D eigenvalue weighted by atomic mass is 16.4. The van der Waals surface area contributed by atoms with E-state index < -0.39 is 5.97 Å². The summed E-state index contributed by atoms with van der Waals surface area (Å²) in [6.07, 6.45) is 3.50. The molecular formula is C11H17NO3. The van der Waals surface area contributed by atoms with E-state index in [1.165, 1.54) is 6.26 Å². The van der Waals surface area contributed by atoms with Crippen molar-refractivity contribution < 1.29 is 14.3 Å². The van der Waals surface area contributed by atoms with E-state index in [0.29, 0.717) is 18.3 Å². The lowest BCUT2D eigenvalue weighted by molar-refractivity contribution is 0.0696. The van der Waals surface area contributed by atoms with Crippen molar-refractivity contribution in [3.8, 4) is 0 Å². The minimum absolute atomic E-state index is 0.204. The molecule has 0 aliphatic heterocycles. The van der Waals surface area contributed by atoms with Crippen LogP contribution in [0.4, 0.5) is 0 Å². The van der Waals surface area contributed by atoms with Crippen LogP contribution in [0.3, 0.4) is 0 Å². The number of hydrogen-bond acceptors (Lipinski definition) is 3. The zero-order valence-corrected chi connectivity index (χ0v) is 9.12. The first kappa shape index (κ1) is 11.8. The van der Waals surface area contributed by atoms with Crippen molar-refractivity contribution >= 4 is 5.97 Å². The lowest BCUT2D eigenvalue weighted by Gasteiger charge is -2.10. The molecule has 0 fully saturated rings. The van der Waals surface area contributed by atoms with Crippen LogP contribution >= 0.6 is 0 Å². The van der Waals surface area contributed by atoms with Crippen LogP contribution in [0.25, 0.3) is 0 Å². The molecule has 1 aromatic heterocycles. The number of carbonyl (C=O) groups is 1. The molecule has 2 N–H and O–H groups in total. The molecule has 4 nitrogen and oxygen atoms in total. The van der Waals surface area contributed by atoms with Gasteiger partial charge in [0, 0.05) is 6.04 Å². The van der Waals surface area contributed by atoms with Crippen molar-refractivity contribution in [3.63, 3.8) is 0 Å². The quantitative estimate of drug-likeness (QED) is 0.757. The maximum atomic E-state index is 10.6. The van der Waals surface area contributed by atoms with Crippen LogP contribution < -0.4 is 5.32 Å². The first-order valence-electron chi connectivity index (χ1n) is 5.17. The van der Waals surface area contributed by atoms with E-state index in [2.05, 4.69) is 19.2 Å². The van der Waals surface area contributed by atoms with Gasteiger partial charge in [0.15, 0.2) is 0 Å². The van der Waals surface area contributed by atoms with Gasteiger partial charge in [0.05, 0.1) is 12.1 Å². The molecule has 84 valence electrons. The third-order valence-electron chi connectivity index (χ3n) is 2.25. The van der Waals surface area contributed by atoms with E-state index in [1.807, 2.05) is 0 Å². The third-order valence-corrected chi connectivity index (χ3v) is 2.25. The molecule has 0 aliphatic rings. The molecular weight excluding hydrogens is 194 g/mol. The van der Waals surface area contributed by atoms with Gasteiger partial charge in [0.1, 0.15) is 12.0 Å². The Morgan fingerprint density at radius 1 is 1.67 bits per heavy atom. The molecule has 0 spiro atoms. The Kier molecular flexibility index (Phi) is 4.37. The van der Waals surface area contributed by atoms with Crippen molar-refractivity contribution in [1.82, 2.24) is 5.32 Å². The minimum atomic E-state index is -0.952. The Morgan fingerprint density at radius 3 is 2.93 bits per heavy atom. The number of nitrogens with one attached hydrogen (secondary N) is 1. The Labute approximate surface area is 89.3 Å². The fourth-order valence-electron chi connectivity index (χ4n) is 1.40. The second-order valence-electron chi connectivity index (χ2n) is 3.68. The van der Waals surface area contributed by atoms with Gasteiger partial charge in [-0.15, -0.1) is 0 Å². The van der Waals surface area contributed by atoms with Crippen LogP contribution in [-0.4, -0.2) is 17.1 Å². The summed E-state index contributed by atoms with van der Waals surface area (Å²) in [6.45, 7) is 4.81. The van der Waals surface area contributed by atoms with E-state index in [4.69, 9.17) is 9.52 Å². The zero-order chi connectivity index (χ0) is 11.3. The fraction of sp³-hybridized carbons (Fsp3) is 0.545. The average molecular weight is 211 g/mol. The first-order valence-corrected chi connectivity index (χ1v) is 5.17. The summed E-state index contributed by atoms with van der Waals surface area (Å²) in [4.78, 5) is 10.6. The molecule has 0 amide bonds. The monoisotopic (exact) mass is 211 g/mol. The van der Waals surface area contributed by atoms with Crippen molar-refractivity contribution in [2.24, 2.45) is 0 Å². The lowest BCUT2D eigenvalue weighted by Crippen LogP contribution is -2.24. The Balaban J connectivity index is 2.40. The number of rotatable bonds is 6. The van der Waals surface area contributed by atoms with Gasteiger partial charge in [0.2, 0.25) is 0 Å². The van der Waals surface area contributed by atoms with Gasteiger partial charge >= 0.3 is 5.97 Å². The highest BCUT2D eigenvalue weighted by Crippen LogP contribution is 2.08. The molecule has 0 bridgehead atoms. The Bertz CT molecular complexity index is 319. The van der Waals surface area contributed by atoms with Crippen LogP contribution in [0.5, 0.6) is 0 Å². The summed E-state index contributed by atoms with van der Waals surface area (Å²) in [5, 5.41) is 11.9. The van der Waals surface area contributed by atoms with Crippen LogP contribution in [-0.2, 0) is 6.54 Å². The highest BCUT2D eigenvalue weighted by Gasteiger charge is 2.08. The van der Waals surface area contributed by atoms with Crippen molar-refractivity contribution in [1.29, 1.82) is 0 Å². The topological polar surface area (TPSA) is 62.5 Å². The van der Waals surface area contributed by atoms with Gasteiger partial charge in [-0.25, -0.2) is 4.79 Å². The maximum Gasteiger partial charge on any atom is 0.338 e. The summed E-state index contributed by atoms with van der Waals surface area (Å²) in [5.74, 6) is -0.290. The molecule has 1 heterocycles. The van der Waals surface area contributed by atoms with E-state index in [0.717, 1.165) is 12.8 Å². The average Bonchev–Trinajstić information content (AvgIpc) is 2.63. The number of aromatic carboxylic acids is 1. The highest BCUT2D eigenvalue weighted by molar-refractivity contribution is 5.87. The molecule has 1 aromatic rings. The van der Waals surface area contributed by atoms with Crippen LogP contribution in [0.2, 0.25) is 0 Å². The summed E-state index contributed by atoms with van der Waals surface area (Å²) < 4.78 is 5.11. The minimum Gasteiger partial charge on any atom is -0.478 e. The smallest absolute Gasteiger partial charge is 0.338 e. The van der Waals surface area contributed by atoms with Crippen molar-refractivity contribution in [2.75, 3.05) is 0 Å². The maximum absolute atomic E-state index is 10.6. The molecule has 0 radical (unpaired) electrons. The summed E-state index contributed by atoms with van der Waals surface area (Å²) in [5.41, 5.74) is 0.204. The summed E-state index contributed by atoms with van der Waals surface area (Å²) >= 11 is 0. The molecule has 0 saturated heterocycles. The lowest BCUT2D eigenvalue weighted by atomic mass is 10.2. The van der Waals surface area contributed by atoms with Crippen LogP contribution in [0.15, 0.2) is 16.7 Å². The molecule has 15 heavy (non-hydrogen) atoms. The zero-order valence-electron chi connectivity index (χ0n) is 9.12. The normalized spacial score (nSPS) is 12.7. The summed E-state index contributed by atoms with van der Waals surface area (Å²) in [7, 11) is 0. The molecule has 1 atom stereocenters. The van der Waals surface area contributed by atoms with Gasteiger partial charge in [-0.05, 0) is 19.4 Å². The van der Waals surface area contributed by atoms with E-state index in [-0.39, 0.29) is 5.56 Å². The van der Waals surface area contributed by atoms with Crippen LogP contribution in [0, 0.1) is 0 Å². The SMILES string of the molecule is CCCC(C)NCc1cc(C(=O)O)co1. The predicted octanol–water partition coefficient (Wildman–Crippen LogP) is 2.26. The number of hydrogen-bond donors (Lipinski definition) is 2. The van der Waals surface area contributed by atoms with Gasteiger partial charge < -0.3 is 14.8 Å². The van der Waals surface area contributed by atoms with E-state index >= 15 is 0 Å². The molecule has 1 rings (SSSR count). The first-order chi connectivity index (χ1) is 7.13. The number of carboxylic acids is 1. The largest absolute Gasteiger partial charge is 0.478 e. The number of furan rings is 1. The Morgan fingerprint density at radius 2 is 2.40 bits per heavy atom. The van der Waals surface area contributed by atoms with E-state index in [9.17, 15) is 4.79 Å². The second kappa shape index (κ2) is 5.56. The van der Waals surface area contributed by atoms with Crippen molar-refractivity contribution in [2.45, 2.75) is 39.3 Å². The molecule has 0 aromatic carbocycles. The predicted molar refractivity (Wildman–Crippen MR) is 56.9 cm³/mol. The Hall–Kier alpha value is -1.29. The second-order valence-corrected chi connectivity index (χ2v) is 3.68. The van der Waals surface area contributed by atoms with E-state index in [1.54, 1.807) is 6.07 Å². The fourth-order valence-corrected chi connectivity index (χ4v) is 1.40. The summed E-state index contributed by atoms with van der Waals surface area (Å²) in [6, 6.07) is 1.97. The molecule has 0 aliphatic carbocycles. The molecule has 0 saturated carbocycles. The number of carboxylic acid groups (broad SMARTS) is 1. The van der Waals surface area contributed by atoms with Crippen LogP contribution in [0.1, 0.15) is 42.8 Å².